The fourth-order valence-corrected chi connectivity index (χ4v) is 0.246. The smallest absolute Gasteiger partial charge is 0.284 e. The first-order valence-corrected chi connectivity index (χ1v) is 2.78. The van der Waals surface area contributed by atoms with Crippen LogP contribution in [0.5, 0.6) is 0 Å². The average molecular weight is 212 g/mol. The molecule has 3 nitrogen and oxygen atoms in total. The normalized spacial score (nSPS) is 9.29. The molecule has 0 atom stereocenters. The van der Waals surface area contributed by atoms with Crippen molar-refractivity contribution in [1.29, 1.82) is 5.41 Å². The Bertz CT molecular complexity index is 90.9. The fraction of sp³-hybridized carbons (Fsp3) is 0. The number of nitrogens with two attached hydrogens (primary N) is 1. The third-order valence-electron chi connectivity index (χ3n) is 0.246. The molecule has 0 saturated carbocycles. The van der Waals surface area contributed by atoms with E-state index in [0.717, 1.165) is 0 Å². The van der Waals surface area contributed by atoms with E-state index in [-0.39, 0.29) is 6.02 Å². The van der Waals surface area contributed by atoms with Crippen LogP contribution in [0.15, 0.2) is 10.3 Å². The Morgan fingerprint density at radius 3 is 2.57 bits per heavy atom. The maximum absolute atomic E-state index is 6.50. The van der Waals surface area contributed by atoms with Crippen LogP contribution in [-0.4, -0.2) is 6.02 Å². The van der Waals surface area contributed by atoms with Gasteiger partial charge in [0, 0.05) is 4.08 Å². The highest BCUT2D eigenvalue weighted by atomic mass is 127. The lowest BCUT2D eigenvalue weighted by Crippen LogP contribution is -2.09. The van der Waals surface area contributed by atoms with Crippen LogP contribution in [-0.2, 0) is 4.74 Å². The number of hydrogen-bond donors (Lipinski definition) is 2. The SMILES string of the molecule is N=C(N)O/C=C\I. The summed E-state index contributed by atoms with van der Waals surface area (Å²) in [5.74, 6) is 0. The molecule has 0 heterocycles. The lowest BCUT2D eigenvalue weighted by atomic mass is 11.1. The second-order valence-electron chi connectivity index (χ2n) is 0.744. The number of amidine groups is 1. The zero-order chi connectivity index (χ0) is 5.70. The van der Waals surface area contributed by atoms with Gasteiger partial charge in [0.05, 0.1) is 0 Å². The summed E-state index contributed by atoms with van der Waals surface area (Å²) >= 11 is 1.96. The van der Waals surface area contributed by atoms with Crippen LogP contribution < -0.4 is 5.73 Å². The molecule has 0 aliphatic heterocycles. The monoisotopic (exact) mass is 212 g/mol. The molecule has 3 N–H and O–H groups in total. The molecule has 0 spiro atoms. The average Bonchev–Trinajstić information content (AvgIpc) is 1.61. The molecule has 0 saturated heterocycles. The molecule has 0 aromatic carbocycles. The van der Waals surface area contributed by atoms with Gasteiger partial charge in [-0.2, -0.15) is 0 Å². The molecule has 0 aromatic rings. The van der Waals surface area contributed by atoms with Crippen molar-refractivity contribution in [2.45, 2.75) is 0 Å². The highest BCUT2D eigenvalue weighted by molar-refractivity contribution is 14.1. The van der Waals surface area contributed by atoms with E-state index < -0.39 is 0 Å². The number of nitrogens with one attached hydrogen (secondary N) is 1. The van der Waals surface area contributed by atoms with Crippen molar-refractivity contribution in [3.8, 4) is 0 Å². The van der Waals surface area contributed by atoms with E-state index in [0.29, 0.717) is 0 Å². The first kappa shape index (κ1) is 6.74. The lowest BCUT2D eigenvalue weighted by Gasteiger charge is -1.88. The van der Waals surface area contributed by atoms with Gasteiger partial charge in [-0.25, -0.2) is 0 Å². The predicted octanol–water partition coefficient (Wildman–Crippen LogP) is 0.803. The van der Waals surface area contributed by atoms with Crippen LogP contribution in [0.25, 0.3) is 0 Å². The van der Waals surface area contributed by atoms with Crippen molar-refractivity contribution >= 4 is 28.6 Å². The fourth-order valence-electron chi connectivity index (χ4n) is 0.0990. The predicted molar refractivity (Wildman–Crippen MR) is 36.2 cm³/mol. The third-order valence-corrected chi connectivity index (χ3v) is 0.540. The van der Waals surface area contributed by atoms with Crippen LogP contribution in [0.2, 0.25) is 0 Å². The van der Waals surface area contributed by atoms with Crippen molar-refractivity contribution in [1.82, 2.24) is 0 Å². The van der Waals surface area contributed by atoms with Crippen LogP contribution in [0.1, 0.15) is 0 Å². The highest BCUT2D eigenvalue weighted by Gasteiger charge is 1.75. The topological polar surface area (TPSA) is 59.1 Å². The second kappa shape index (κ2) is 3.91. The summed E-state index contributed by atoms with van der Waals surface area (Å²) in [5, 5.41) is 6.50. The summed E-state index contributed by atoms with van der Waals surface area (Å²) in [6, 6.07) is -0.284. The minimum Gasteiger partial charge on any atom is -0.434 e. The first-order valence-electron chi connectivity index (χ1n) is 1.53. The number of ether oxygens (including phenoxy) is 1. The highest BCUT2D eigenvalue weighted by Crippen LogP contribution is 1.82. The van der Waals surface area contributed by atoms with Gasteiger partial charge in [-0.15, -0.1) is 0 Å². The van der Waals surface area contributed by atoms with Gasteiger partial charge < -0.3 is 10.5 Å². The van der Waals surface area contributed by atoms with E-state index in [1.165, 1.54) is 6.26 Å². The van der Waals surface area contributed by atoms with Gasteiger partial charge in [0.1, 0.15) is 6.26 Å². The Kier molecular flexibility index (Phi) is 3.77. The summed E-state index contributed by atoms with van der Waals surface area (Å²) < 4.78 is 5.99. The minimum absolute atomic E-state index is 0.284. The molecule has 7 heavy (non-hydrogen) atoms. The van der Waals surface area contributed by atoms with E-state index >= 15 is 0 Å². The van der Waals surface area contributed by atoms with Crippen LogP contribution in [0.4, 0.5) is 0 Å². The summed E-state index contributed by atoms with van der Waals surface area (Å²) in [7, 11) is 0. The van der Waals surface area contributed by atoms with Gasteiger partial charge in [-0.05, 0) is 22.6 Å². The zero-order valence-corrected chi connectivity index (χ0v) is 5.68. The molecule has 0 radical (unpaired) electrons. The van der Waals surface area contributed by atoms with Gasteiger partial charge in [-0.3, -0.25) is 5.41 Å². The molecule has 0 fully saturated rings. The van der Waals surface area contributed by atoms with Gasteiger partial charge in [0.25, 0.3) is 6.02 Å². The summed E-state index contributed by atoms with van der Waals surface area (Å²) in [5.41, 5.74) is 4.78. The summed E-state index contributed by atoms with van der Waals surface area (Å²) in [4.78, 5) is 0. The number of hydrogen-bond acceptors (Lipinski definition) is 2. The molecule has 0 aromatic heterocycles. The molecular formula is C3H5IN2O. The Morgan fingerprint density at radius 2 is 2.43 bits per heavy atom. The lowest BCUT2D eigenvalue weighted by molar-refractivity contribution is 0.462. The van der Waals surface area contributed by atoms with Gasteiger partial charge in [0.15, 0.2) is 0 Å². The summed E-state index contributed by atoms with van der Waals surface area (Å²) in [6.45, 7) is 0. The van der Waals surface area contributed by atoms with Gasteiger partial charge in [-0.1, -0.05) is 0 Å². The van der Waals surface area contributed by atoms with E-state index in [2.05, 4.69) is 4.74 Å². The molecule has 4 heteroatoms. The van der Waals surface area contributed by atoms with Crippen molar-refractivity contribution in [3.05, 3.63) is 10.3 Å². The Morgan fingerprint density at radius 1 is 1.86 bits per heavy atom. The van der Waals surface area contributed by atoms with Crippen LogP contribution >= 0.6 is 22.6 Å². The Balaban J connectivity index is 3.14. The molecule has 0 aliphatic carbocycles. The first-order chi connectivity index (χ1) is 3.27. The van der Waals surface area contributed by atoms with E-state index in [9.17, 15) is 0 Å². The maximum atomic E-state index is 6.50. The molecule has 40 valence electrons. The number of halogens is 1. The van der Waals surface area contributed by atoms with E-state index in [4.69, 9.17) is 11.1 Å². The van der Waals surface area contributed by atoms with Gasteiger partial charge in [0.2, 0.25) is 0 Å². The quantitative estimate of drug-likeness (QED) is 0.292. The maximum Gasteiger partial charge on any atom is 0.284 e. The molecule has 0 rings (SSSR count). The van der Waals surface area contributed by atoms with Crippen molar-refractivity contribution in [2.75, 3.05) is 0 Å². The molecule has 0 amide bonds. The third kappa shape index (κ3) is 5.74. The zero-order valence-electron chi connectivity index (χ0n) is 3.52. The molecule has 0 aliphatic rings. The van der Waals surface area contributed by atoms with Crippen LogP contribution in [0, 0.1) is 5.41 Å². The Hall–Kier alpha value is -0.260. The van der Waals surface area contributed by atoms with Crippen molar-refractivity contribution in [2.24, 2.45) is 5.73 Å². The Labute approximate surface area is 55.2 Å². The van der Waals surface area contributed by atoms with E-state index in [1.54, 1.807) is 4.08 Å². The van der Waals surface area contributed by atoms with Crippen molar-refractivity contribution < 1.29 is 4.74 Å². The molecular weight excluding hydrogens is 207 g/mol. The standard InChI is InChI=1S/C3H5IN2O/c4-1-2-7-3(5)6/h1-2H,(H3,5,6)/b2-1-. The van der Waals surface area contributed by atoms with Gasteiger partial charge >= 0.3 is 0 Å². The molecule has 0 bridgehead atoms. The second-order valence-corrected chi connectivity index (χ2v) is 1.46. The largest absolute Gasteiger partial charge is 0.434 e. The number of rotatable bonds is 1. The van der Waals surface area contributed by atoms with Crippen LogP contribution in [0.3, 0.4) is 0 Å². The molecule has 0 unspecified atom stereocenters. The minimum atomic E-state index is -0.284. The van der Waals surface area contributed by atoms with Crippen molar-refractivity contribution in [3.63, 3.8) is 0 Å². The van der Waals surface area contributed by atoms with E-state index in [1.807, 2.05) is 22.6 Å². The summed E-state index contributed by atoms with van der Waals surface area (Å²) in [6.07, 6.45) is 1.34.